The van der Waals surface area contributed by atoms with Gasteiger partial charge in [-0.1, -0.05) is 23.2 Å². The third-order valence-corrected chi connectivity index (χ3v) is 5.76. The number of anilines is 1. The molecule has 0 aromatic heterocycles. The second kappa shape index (κ2) is 7.47. The summed E-state index contributed by atoms with van der Waals surface area (Å²) in [6.45, 7) is 2.84. The van der Waals surface area contributed by atoms with Crippen LogP contribution in [-0.2, 0) is 6.54 Å². The highest BCUT2D eigenvalue weighted by atomic mass is 35.5. The van der Waals surface area contributed by atoms with Gasteiger partial charge in [0.1, 0.15) is 6.07 Å². The molecule has 2 aliphatic heterocycles. The number of likely N-dealkylation sites (tertiary alicyclic amines) is 1. The molecule has 0 spiro atoms. The van der Waals surface area contributed by atoms with Crippen LogP contribution >= 0.6 is 23.2 Å². The molecule has 0 aliphatic carbocycles. The van der Waals surface area contributed by atoms with E-state index in [9.17, 15) is 0 Å². The maximum Gasteiger partial charge on any atom is 0.231 e. The first-order valence-corrected chi connectivity index (χ1v) is 9.53. The normalized spacial score (nSPS) is 18.5. The summed E-state index contributed by atoms with van der Waals surface area (Å²) in [5.74, 6) is 1.40. The Hall–Kier alpha value is -2.13. The molecular formula is C20H19Cl2N3O2. The zero-order valence-corrected chi connectivity index (χ0v) is 16.4. The smallest absolute Gasteiger partial charge is 0.231 e. The molecule has 2 heterocycles. The molecule has 0 N–H and O–H groups in total. The lowest BCUT2D eigenvalue weighted by Gasteiger charge is -2.32. The van der Waals surface area contributed by atoms with Gasteiger partial charge in [-0.2, -0.15) is 5.26 Å². The molecule has 5 nitrogen and oxygen atoms in total. The van der Waals surface area contributed by atoms with Crippen molar-refractivity contribution in [1.82, 2.24) is 4.90 Å². The number of nitriles is 1. The number of fused-ring (bicyclic) bond motifs is 1. The van der Waals surface area contributed by atoms with Gasteiger partial charge in [0.2, 0.25) is 6.79 Å². The topological polar surface area (TPSA) is 48.7 Å². The fraction of sp³-hybridized carbons (Fsp3) is 0.350. The maximum atomic E-state index is 9.16. The molecule has 1 fully saturated rings. The zero-order valence-electron chi connectivity index (χ0n) is 14.9. The van der Waals surface area contributed by atoms with Crippen LogP contribution < -0.4 is 14.4 Å². The van der Waals surface area contributed by atoms with E-state index < -0.39 is 0 Å². The van der Waals surface area contributed by atoms with Crippen LogP contribution in [0.25, 0.3) is 0 Å². The van der Waals surface area contributed by atoms with Crippen LogP contribution in [0.1, 0.15) is 17.5 Å². The van der Waals surface area contributed by atoms with Crippen molar-refractivity contribution >= 4 is 28.9 Å². The Morgan fingerprint density at radius 2 is 1.96 bits per heavy atom. The number of halogens is 2. The van der Waals surface area contributed by atoms with Gasteiger partial charge in [-0.05, 0) is 49.8 Å². The maximum absolute atomic E-state index is 9.16. The van der Waals surface area contributed by atoms with Gasteiger partial charge < -0.3 is 19.3 Å². The minimum atomic E-state index is 0.220. The molecule has 27 heavy (non-hydrogen) atoms. The summed E-state index contributed by atoms with van der Waals surface area (Å²) in [6, 6.07) is 11.8. The average molecular weight is 404 g/mol. The third kappa shape index (κ3) is 3.66. The molecule has 1 saturated heterocycles. The van der Waals surface area contributed by atoms with Gasteiger partial charge in [0, 0.05) is 35.9 Å². The Kier molecular flexibility index (Phi) is 5.05. The Morgan fingerprint density at radius 3 is 2.63 bits per heavy atom. The van der Waals surface area contributed by atoms with Gasteiger partial charge in [-0.25, -0.2) is 0 Å². The number of benzene rings is 2. The fourth-order valence-electron chi connectivity index (χ4n) is 3.63. The Balaban J connectivity index is 1.69. The summed E-state index contributed by atoms with van der Waals surface area (Å²) in [5, 5.41) is 10.3. The van der Waals surface area contributed by atoms with Crippen molar-refractivity contribution in [3.8, 4) is 17.6 Å². The fourth-order valence-corrected chi connectivity index (χ4v) is 4.07. The highest BCUT2D eigenvalue weighted by Gasteiger charge is 2.28. The lowest BCUT2D eigenvalue weighted by atomic mass is 10.1. The van der Waals surface area contributed by atoms with Gasteiger partial charge >= 0.3 is 0 Å². The summed E-state index contributed by atoms with van der Waals surface area (Å²) in [4.78, 5) is 4.62. The van der Waals surface area contributed by atoms with E-state index in [1.807, 2.05) is 24.3 Å². The quantitative estimate of drug-likeness (QED) is 0.761. The van der Waals surface area contributed by atoms with Gasteiger partial charge in [0.25, 0.3) is 0 Å². The number of ether oxygens (including phenoxy) is 2. The molecule has 2 aromatic rings. The number of hydrogen-bond donors (Lipinski definition) is 0. The van der Waals surface area contributed by atoms with Crippen molar-refractivity contribution in [3.05, 3.63) is 51.5 Å². The summed E-state index contributed by atoms with van der Waals surface area (Å²) < 4.78 is 10.9. The van der Waals surface area contributed by atoms with Crippen LogP contribution in [0.15, 0.2) is 30.3 Å². The van der Waals surface area contributed by atoms with Crippen molar-refractivity contribution < 1.29 is 9.47 Å². The van der Waals surface area contributed by atoms with Crippen molar-refractivity contribution in [1.29, 1.82) is 5.26 Å². The summed E-state index contributed by atoms with van der Waals surface area (Å²) in [6.07, 6.45) is 1.05. The van der Waals surface area contributed by atoms with Crippen LogP contribution in [0.4, 0.5) is 5.69 Å². The highest BCUT2D eigenvalue weighted by Crippen LogP contribution is 2.38. The Bertz CT molecular complexity index is 913. The lowest BCUT2D eigenvalue weighted by molar-refractivity contribution is 0.174. The molecule has 1 atom stereocenters. The zero-order chi connectivity index (χ0) is 19.0. The summed E-state index contributed by atoms with van der Waals surface area (Å²) in [5.41, 5.74) is 2.43. The molecule has 0 bridgehead atoms. The van der Waals surface area contributed by atoms with E-state index in [-0.39, 0.29) is 6.79 Å². The van der Waals surface area contributed by atoms with E-state index in [0.717, 1.165) is 36.5 Å². The van der Waals surface area contributed by atoms with Crippen LogP contribution in [0, 0.1) is 11.3 Å². The molecule has 0 amide bonds. The van der Waals surface area contributed by atoms with Crippen LogP contribution in [-0.4, -0.2) is 37.9 Å². The highest BCUT2D eigenvalue weighted by molar-refractivity contribution is 6.32. The van der Waals surface area contributed by atoms with Crippen molar-refractivity contribution in [2.24, 2.45) is 0 Å². The second-order valence-electron chi connectivity index (χ2n) is 6.91. The minimum Gasteiger partial charge on any atom is -0.454 e. The number of hydrogen-bond acceptors (Lipinski definition) is 5. The molecule has 0 radical (unpaired) electrons. The first-order chi connectivity index (χ1) is 13.0. The molecule has 2 aromatic carbocycles. The van der Waals surface area contributed by atoms with E-state index >= 15 is 0 Å². The predicted molar refractivity (Wildman–Crippen MR) is 106 cm³/mol. The molecule has 7 heteroatoms. The van der Waals surface area contributed by atoms with E-state index in [1.165, 1.54) is 0 Å². The predicted octanol–water partition coefficient (Wildman–Crippen LogP) is 4.30. The van der Waals surface area contributed by atoms with Gasteiger partial charge in [0.15, 0.2) is 11.5 Å². The lowest BCUT2D eigenvalue weighted by Crippen LogP contribution is -2.36. The minimum absolute atomic E-state index is 0.220. The van der Waals surface area contributed by atoms with Crippen LogP contribution in [0.2, 0.25) is 10.0 Å². The van der Waals surface area contributed by atoms with Gasteiger partial charge in [0.05, 0.1) is 10.6 Å². The summed E-state index contributed by atoms with van der Waals surface area (Å²) in [7, 11) is 2.12. The first kappa shape index (κ1) is 18.2. The molecule has 2 aliphatic rings. The SMILES string of the molecule is CN1CC[C@H](N(Cc2cc3c(cc2Cl)OCO3)c2ccc(C#N)c(Cl)c2)C1. The number of likely N-dealkylation sites (N-methyl/N-ethyl adjacent to an activating group) is 1. The molecular weight excluding hydrogens is 385 g/mol. The number of nitrogens with zero attached hydrogens (tertiary/aromatic N) is 3. The molecule has 0 unspecified atom stereocenters. The molecule has 0 saturated carbocycles. The van der Waals surface area contributed by atoms with Crippen molar-refractivity contribution in [2.45, 2.75) is 19.0 Å². The van der Waals surface area contributed by atoms with E-state index in [4.69, 9.17) is 37.9 Å². The monoisotopic (exact) mass is 403 g/mol. The Morgan fingerprint density at radius 1 is 1.19 bits per heavy atom. The molecule has 140 valence electrons. The standard InChI is InChI=1S/C20H19Cl2N3O2/c1-24-5-4-16(11-24)25(15-3-2-13(9-23)17(21)7-15)10-14-6-19-20(8-18(14)22)27-12-26-19/h2-3,6-8,16H,4-5,10-12H2,1H3/t16-/m0/s1. The van der Waals surface area contributed by atoms with Crippen molar-refractivity contribution in [2.75, 3.05) is 31.8 Å². The van der Waals surface area contributed by atoms with Gasteiger partial charge in [-0.3, -0.25) is 0 Å². The Labute approximate surface area is 168 Å². The molecule has 4 rings (SSSR count). The summed E-state index contributed by atoms with van der Waals surface area (Å²) >= 11 is 12.8. The van der Waals surface area contributed by atoms with Crippen molar-refractivity contribution in [3.63, 3.8) is 0 Å². The average Bonchev–Trinajstić information content (AvgIpc) is 3.28. The number of rotatable bonds is 4. The third-order valence-electron chi connectivity index (χ3n) is 5.09. The van der Waals surface area contributed by atoms with Gasteiger partial charge in [-0.15, -0.1) is 0 Å². The van der Waals surface area contributed by atoms with Crippen LogP contribution in [0.5, 0.6) is 11.5 Å². The second-order valence-corrected chi connectivity index (χ2v) is 7.72. The largest absolute Gasteiger partial charge is 0.454 e. The van der Waals surface area contributed by atoms with E-state index in [2.05, 4.69) is 22.9 Å². The first-order valence-electron chi connectivity index (χ1n) is 8.78. The van der Waals surface area contributed by atoms with Crippen LogP contribution in [0.3, 0.4) is 0 Å². The van der Waals surface area contributed by atoms with E-state index in [1.54, 1.807) is 6.07 Å². The van der Waals surface area contributed by atoms with E-state index in [0.29, 0.717) is 33.9 Å².